The first kappa shape index (κ1) is 22.5. The Morgan fingerprint density at radius 1 is 1.32 bits per heavy atom. The normalized spacial score (nSPS) is 21.4. The number of ether oxygens (including phenoxy) is 5. The Balaban J connectivity index is 2.35. The van der Waals surface area contributed by atoms with E-state index in [4.69, 9.17) is 23.7 Å². The Labute approximate surface area is 150 Å². The van der Waals surface area contributed by atoms with E-state index in [-0.39, 0.29) is 31.7 Å². The van der Waals surface area contributed by atoms with Crippen LogP contribution in [0.25, 0.3) is 0 Å². The highest BCUT2D eigenvalue weighted by Gasteiger charge is 2.32. The summed E-state index contributed by atoms with van der Waals surface area (Å²) in [6.45, 7) is 11.1. The van der Waals surface area contributed by atoms with Crippen molar-refractivity contribution in [2.24, 2.45) is 0 Å². The zero-order valence-corrected chi connectivity index (χ0v) is 16.3. The van der Waals surface area contributed by atoms with Crippen LogP contribution < -0.4 is 0 Å². The summed E-state index contributed by atoms with van der Waals surface area (Å²) in [4.78, 5) is 0. The van der Waals surface area contributed by atoms with Gasteiger partial charge in [0.25, 0.3) is 10.1 Å². The molecular weight excluding hydrogens is 352 g/mol. The van der Waals surface area contributed by atoms with Gasteiger partial charge >= 0.3 is 0 Å². The van der Waals surface area contributed by atoms with Gasteiger partial charge < -0.3 is 23.7 Å². The largest absolute Gasteiger partial charge is 0.376 e. The monoisotopic (exact) mass is 382 g/mol. The van der Waals surface area contributed by atoms with E-state index in [1.807, 2.05) is 20.8 Å². The van der Waals surface area contributed by atoms with E-state index in [0.29, 0.717) is 19.8 Å². The Hall–Kier alpha value is -0.550. The van der Waals surface area contributed by atoms with Crippen molar-refractivity contribution in [1.82, 2.24) is 0 Å². The lowest BCUT2D eigenvalue weighted by atomic mass is 10.3. The minimum Gasteiger partial charge on any atom is -0.376 e. The van der Waals surface area contributed by atoms with Crippen molar-refractivity contribution < 1.29 is 36.3 Å². The Bertz CT molecular complexity index is 502. The van der Waals surface area contributed by atoms with E-state index in [1.165, 1.54) is 0 Å². The summed E-state index contributed by atoms with van der Waals surface area (Å²) >= 11 is 0. The van der Waals surface area contributed by atoms with E-state index in [1.54, 1.807) is 0 Å². The molecule has 1 saturated heterocycles. The van der Waals surface area contributed by atoms with Gasteiger partial charge in [0.05, 0.1) is 52.5 Å². The van der Waals surface area contributed by atoms with Crippen LogP contribution in [0.1, 0.15) is 20.8 Å². The van der Waals surface area contributed by atoms with Gasteiger partial charge in [-0.15, -0.1) is 0 Å². The Morgan fingerprint density at radius 2 is 2.00 bits per heavy atom. The predicted octanol–water partition coefficient (Wildman–Crippen LogP) is 1.11. The van der Waals surface area contributed by atoms with E-state index in [0.717, 1.165) is 12.7 Å². The molecule has 0 bridgehead atoms. The molecule has 0 amide bonds. The third-order valence-corrected chi connectivity index (χ3v) is 4.44. The van der Waals surface area contributed by atoms with Crippen molar-refractivity contribution in [2.75, 3.05) is 52.5 Å². The van der Waals surface area contributed by atoms with Crippen LogP contribution in [-0.2, 0) is 38.0 Å². The van der Waals surface area contributed by atoms with Gasteiger partial charge in [0.1, 0.15) is 12.2 Å². The first-order chi connectivity index (χ1) is 11.6. The maximum absolute atomic E-state index is 11.3. The van der Waals surface area contributed by atoms with Gasteiger partial charge in [0, 0.05) is 0 Å². The van der Waals surface area contributed by atoms with Crippen molar-refractivity contribution in [3.8, 4) is 0 Å². The lowest BCUT2D eigenvalue weighted by Crippen LogP contribution is -2.31. The molecule has 1 heterocycles. The highest BCUT2D eigenvalue weighted by Crippen LogP contribution is 2.22. The van der Waals surface area contributed by atoms with E-state index >= 15 is 0 Å². The second-order valence-electron chi connectivity index (χ2n) is 6.38. The van der Waals surface area contributed by atoms with Crippen LogP contribution in [-0.4, -0.2) is 78.9 Å². The highest BCUT2D eigenvalue weighted by atomic mass is 32.2. The number of hydrogen-bond donors (Lipinski definition) is 0. The van der Waals surface area contributed by atoms with Crippen molar-refractivity contribution >= 4 is 10.1 Å². The molecule has 0 radical (unpaired) electrons. The minimum absolute atomic E-state index is 0.00327. The molecule has 0 aromatic heterocycles. The fraction of sp³-hybridized carbons (Fsp3) is 0.875. The SMILES string of the molecule is C=C(C)COCC(COCC1COC(C)(C)O1)OCCS(=O)(=O)OC. The molecule has 0 N–H and O–H groups in total. The van der Waals surface area contributed by atoms with Gasteiger partial charge in [0.2, 0.25) is 0 Å². The second kappa shape index (κ2) is 10.6. The summed E-state index contributed by atoms with van der Waals surface area (Å²) in [6.07, 6.45) is -0.539. The van der Waals surface area contributed by atoms with Crippen LogP contribution in [0.15, 0.2) is 12.2 Å². The molecule has 0 saturated carbocycles. The molecule has 1 aliphatic rings. The maximum atomic E-state index is 11.3. The molecule has 0 aromatic carbocycles. The maximum Gasteiger partial charge on any atom is 0.269 e. The van der Waals surface area contributed by atoms with Crippen LogP contribution in [0.3, 0.4) is 0 Å². The summed E-state index contributed by atoms with van der Waals surface area (Å²) in [5, 5.41) is 0. The Kier molecular flexibility index (Phi) is 9.50. The smallest absolute Gasteiger partial charge is 0.269 e. The average molecular weight is 382 g/mol. The molecule has 0 aliphatic carbocycles. The van der Waals surface area contributed by atoms with Crippen molar-refractivity contribution in [3.05, 3.63) is 12.2 Å². The topological polar surface area (TPSA) is 89.5 Å². The molecule has 25 heavy (non-hydrogen) atoms. The fourth-order valence-corrected chi connectivity index (χ4v) is 2.55. The third kappa shape index (κ3) is 10.2. The van der Waals surface area contributed by atoms with Crippen LogP contribution in [0, 0.1) is 0 Å². The minimum atomic E-state index is -3.55. The third-order valence-electron chi connectivity index (χ3n) is 3.27. The van der Waals surface area contributed by atoms with Gasteiger partial charge in [-0.05, 0) is 20.8 Å². The summed E-state index contributed by atoms with van der Waals surface area (Å²) in [5.41, 5.74) is 0.889. The highest BCUT2D eigenvalue weighted by molar-refractivity contribution is 7.86. The number of rotatable bonds is 13. The molecule has 2 unspecified atom stereocenters. The van der Waals surface area contributed by atoms with Crippen LogP contribution >= 0.6 is 0 Å². The summed E-state index contributed by atoms with van der Waals surface area (Å²) in [6, 6.07) is 0. The zero-order valence-electron chi connectivity index (χ0n) is 15.5. The van der Waals surface area contributed by atoms with Crippen LogP contribution in [0.4, 0.5) is 0 Å². The summed E-state index contributed by atoms with van der Waals surface area (Å²) in [5.74, 6) is -0.822. The molecule has 8 nitrogen and oxygen atoms in total. The Morgan fingerprint density at radius 3 is 2.56 bits per heavy atom. The quantitative estimate of drug-likeness (QED) is 0.346. The van der Waals surface area contributed by atoms with Gasteiger partial charge in [-0.3, -0.25) is 4.18 Å². The standard InChI is InChI=1S/C16H30O8S/c1-13(2)8-20-9-14(22-6-7-25(17,18)19-5)10-21-11-15-12-23-16(3,4)24-15/h14-15H,1,6-12H2,2-5H3. The average Bonchev–Trinajstić information content (AvgIpc) is 2.85. The lowest BCUT2D eigenvalue weighted by molar-refractivity contribution is -0.147. The van der Waals surface area contributed by atoms with Crippen LogP contribution in [0.5, 0.6) is 0 Å². The van der Waals surface area contributed by atoms with Crippen molar-refractivity contribution in [2.45, 2.75) is 38.8 Å². The van der Waals surface area contributed by atoms with Gasteiger partial charge in [-0.2, -0.15) is 8.42 Å². The zero-order chi connectivity index (χ0) is 18.9. The molecule has 148 valence electrons. The van der Waals surface area contributed by atoms with E-state index < -0.39 is 22.0 Å². The van der Waals surface area contributed by atoms with Crippen molar-refractivity contribution in [3.63, 3.8) is 0 Å². The molecule has 0 spiro atoms. The van der Waals surface area contributed by atoms with Gasteiger partial charge in [-0.1, -0.05) is 12.2 Å². The molecule has 1 fully saturated rings. The molecule has 0 aromatic rings. The van der Waals surface area contributed by atoms with Gasteiger partial charge in [0.15, 0.2) is 5.79 Å². The van der Waals surface area contributed by atoms with E-state index in [9.17, 15) is 8.42 Å². The molecule has 9 heteroatoms. The van der Waals surface area contributed by atoms with Crippen molar-refractivity contribution in [1.29, 1.82) is 0 Å². The summed E-state index contributed by atoms with van der Waals surface area (Å²) in [7, 11) is -2.43. The van der Waals surface area contributed by atoms with Gasteiger partial charge in [-0.25, -0.2) is 0 Å². The second-order valence-corrected chi connectivity index (χ2v) is 8.24. The summed E-state index contributed by atoms with van der Waals surface area (Å²) < 4.78 is 54.8. The molecule has 1 rings (SSSR count). The molecular formula is C16H30O8S. The predicted molar refractivity (Wildman–Crippen MR) is 91.9 cm³/mol. The molecule has 1 aliphatic heterocycles. The lowest BCUT2D eigenvalue weighted by Gasteiger charge is -2.20. The van der Waals surface area contributed by atoms with E-state index in [2.05, 4.69) is 10.8 Å². The first-order valence-corrected chi connectivity index (χ1v) is 9.73. The van der Waals surface area contributed by atoms with Crippen LogP contribution in [0.2, 0.25) is 0 Å². The molecule has 2 atom stereocenters. The fourth-order valence-electron chi connectivity index (χ4n) is 2.09. The number of hydrogen-bond acceptors (Lipinski definition) is 8. The first-order valence-electron chi connectivity index (χ1n) is 8.15.